The number of hydrogen-bond acceptors (Lipinski definition) is 3. The number of halogens is 1. The third kappa shape index (κ3) is 2.11. The van der Waals surface area contributed by atoms with Crippen LogP contribution >= 0.6 is 0 Å². The Morgan fingerprint density at radius 1 is 2.29 bits per heavy atom. The van der Waals surface area contributed by atoms with Crippen molar-refractivity contribution in [2.75, 3.05) is 6.67 Å². The topological polar surface area (TPSA) is 63.3 Å². The summed E-state index contributed by atoms with van der Waals surface area (Å²) in [5, 5.41) is 3.35. The van der Waals surface area contributed by atoms with Crippen LogP contribution in [0.4, 0.5) is 4.39 Å². The van der Waals surface area contributed by atoms with Crippen molar-refractivity contribution in [1.82, 2.24) is 0 Å². The minimum Gasteiger partial charge on any atom is -0.480 e. The number of rotatable bonds is 2. The first-order chi connectivity index (χ1) is 3.72. The van der Waals surface area contributed by atoms with E-state index in [9.17, 15) is 9.18 Å². The number of carbonyl (C=O) groups is 1. The van der Waals surface area contributed by atoms with Gasteiger partial charge in [0, 0.05) is 0 Å². The molecule has 0 aliphatic carbocycles. The molecule has 0 aliphatic heterocycles. The summed E-state index contributed by atoms with van der Waals surface area (Å²) in [6.45, 7) is -0.988. The van der Waals surface area contributed by atoms with Gasteiger partial charge in [-0.3, -0.25) is 4.79 Å². The molecule has 42 valence electrons. The molecule has 0 aromatic carbocycles. The third-order valence-corrected chi connectivity index (χ3v) is 0.469. The zero-order valence-corrected chi connectivity index (χ0v) is 3.56. The van der Waals surface area contributed by atoms with E-state index in [4.69, 9.17) is 7.16 Å². The minimum absolute atomic E-state index is 0.988. The average Bonchev–Trinajstić information content (AvgIpc) is 1.84. The Bertz CT molecular complexity index is 89.4. The Labute approximate surface area is 41.4 Å². The Balaban J connectivity index is 3.46. The Kier molecular flexibility index (Phi) is 1.63. The molecule has 3 N–H and O–H groups in total. The Hall–Kier alpha value is -0.640. The molecular weight excluding hydrogens is 101 g/mol. The maximum absolute atomic E-state index is 11.3. The van der Waals surface area contributed by atoms with Crippen LogP contribution in [0.15, 0.2) is 0 Å². The predicted octanol–water partition coefficient (Wildman–Crippen LogP) is -0.632. The van der Waals surface area contributed by atoms with E-state index in [2.05, 4.69) is 5.11 Å². The molecule has 0 saturated heterocycles. The molecule has 0 spiro atoms. The van der Waals surface area contributed by atoms with Crippen LogP contribution < -0.4 is 5.73 Å². The second-order valence-electron chi connectivity index (χ2n) is 1.08. The van der Waals surface area contributed by atoms with Gasteiger partial charge in [0.1, 0.15) is 12.7 Å². The predicted molar refractivity (Wildman–Crippen MR) is 21.6 cm³/mol. The number of aliphatic carboxylic acids is 1. The highest BCUT2D eigenvalue weighted by atomic mass is 19.1. The Morgan fingerprint density at radius 2 is 2.86 bits per heavy atom. The van der Waals surface area contributed by atoms with Crippen LogP contribution in [0.1, 0.15) is 0 Å². The van der Waals surface area contributed by atoms with Gasteiger partial charge in [-0.05, 0) is 0 Å². The smallest absolute Gasteiger partial charge is 0.323 e. The number of carboxylic acids is 1. The fraction of sp³-hybridized carbons (Fsp3) is 0.667. The second-order valence-corrected chi connectivity index (χ2v) is 1.08. The van der Waals surface area contributed by atoms with Crippen LogP contribution in [0.3, 0.4) is 0 Å². The summed E-state index contributed by atoms with van der Waals surface area (Å²) in [4.78, 5) is 9.97. The third-order valence-electron chi connectivity index (χ3n) is 0.469. The maximum atomic E-state index is 11.3. The zero-order chi connectivity index (χ0) is 6.57. The van der Waals surface area contributed by atoms with Crippen molar-refractivity contribution in [3.63, 3.8) is 0 Å². The van der Waals surface area contributed by atoms with Gasteiger partial charge in [-0.15, -0.1) is 0 Å². The largest absolute Gasteiger partial charge is 0.480 e. The van der Waals surface area contributed by atoms with E-state index in [1.165, 1.54) is 0 Å². The quantitative estimate of drug-likeness (QED) is 0.495. The van der Waals surface area contributed by atoms with E-state index in [-0.39, 0.29) is 0 Å². The molecule has 0 aromatic heterocycles. The lowest BCUT2D eigenvalue weighted by Crippen LogP contribution is -2.31. The highest BCUT2D eigenvalue weighted by molar-refractivity contribution is 5.73. The van der Waals surface area contributed by atoms with Crippen molar-refractivity contribution < 1.29 is 14.3 Å². The first-order valence-corrected chi connectivity index (χ1v) is 1.71. The highest BCUT2D eigenvalue weighted by Gasteiger charge is 2.08. The molecule has 7 heavy (non-hydrogen) atoms. The van der Waals surface area contributed by atoms with Crippen LogP contribution in [0.2, 0.25) is 0 Å². The van der Waals surface area contributed by atoms with Gasteiger partial charge < -0.3 is 10.8 Å². The maximum Gasteiger partial charge on any atom is 0.323 e. The lowest BCUT2D eigenvalue weighted by atomic mass is 10.4. The molecule has 4 heteroatoms. The van der Waals surface area contributed by atoms with Crippen LogP contribution in [-0.4, -0.2) is 23.8 Å². The summed E-state index contributed by atoms with van der Waals surface area (Å²) in [6.07, 6.45) is 0. The number of hydrogen-bond donors (Lipinski definition) is 2. The number of carboxylic acid groups (broad SMARTS) is 1. The molecular formula is C3H6FNO2. The minimum atomic E-state index is -1.30. The van der Waals surface area contributed by atoms with Gasteiger partial charge >= 0.3 is 5.97 Å². The van der Waals surface area contributed by atoms with E-state index in [1.54, 1.807) is 0 Å². The van der Waals surface area contributed by atoms with Crippen molar-refractivity contribution in [3.05, 3.63) is 0 Å². The average molecular weight is 108 g/mol. The van der Waals surface area contributed by atoms with Crippen molar-refractivity contribution in [2.24, 2.45) is 5.73 Å². The normalized spacial score (nSPS) is 14.9. The van der Waals surface area contributed by atoms with Gasteiger partial charge in [-0.2, -0.15) is 0 Å². The molecule has 0 bridgehead atoms. The molecule has 0 heterocycles. The molecule has 0 unspecified atom stereocenters. The van der Waals surface area contributed by atoms with E-state index in [1.807, 2.05) is 0 Å². The van der Waals surface area contributed by atoms with Crippen molar-refractivity contribution in [3.8, 4) is 0 Å². The van der Waals surface area contributed by atoms with Crippen molar-refractivity contribution in [1.29, 1.82) is 1.43 Å². The summed E-state index contributed by atoms with van der Waals surface area (Å²) in [6, 6.07) is -1.30. The van der Waals surface area contributed by atoms with E-state index in [0.717, 1.165) is 0 Å². The summed E-state index contributed by atoms with van der Waals surface area (Å²) in [5.41, 5.74) is 4.76. The van der Waals surface area contributed by atoms with Gasteiger partial charge in [0.2, 0.25) is 0 Å². The Morgan fingerprint density at radius 3 is 3.00 bits per heavy atom. The molecule has 0 fully saturated rings. The van der Waals surface area contributed by atoms with Gasteiger partial charge in [0.15, 0.2) is 0 Å². The first kappa shape index (κ1) is 4.52. The monoisotopic (exact) mass is 108 g/mol. The van der Waals surface area contributed by atoms with E-state index >= 15 is 0 Å². The second kappa shape index (κ2) is 2.52. The van der Waals surface area contributed by atoms with Gasteiger partial charge in [-0.25, -0.2) is 4.39 Å². The summed E-state index contributed by atoms with van der Waals surface area (Å²) in [5.74, 6) is -1.05. The molecule has 0 aromatic rings. The number of alkyl halides is 1. The lowest BCUT2D eigenvalue weighted by Gasteiger charge is -1.94. The van der Waals surface area contributed by atoms with Gasteiger partial charge in [0.25, 0.3) is 1.43 Å². The zero-order valence-electron chi connectivity index (χ0n) is 4.56. The van der Waals surface area contributed by atoms with Crippen molar-refractivity contribution >= 4 is 5.97 Å². The van der Waals surface area contributed by atoms with Crippen LogP contribution in [-0.2, 0) is 4.79 Å². The van der Waals surface area contributed by atoms with E-state index in [0.29, 0.717) is 0 Å². The number of nitrogens with two attached hydrogens (primary N) is 1. The first-order valence-electron chi connectivity index (χ1n) is 2.11. The highest BCUT2D eigenvalue weighted by Crippen LogP contribution is 1.76. The standard InChI is InChI=1S/C3H6FNO2/c4-1-2(5)3(6)7/h2H,1,5H2,(H,6,7)/t2-/m1/s1/i/hD. The molecule has 0 saturated carbocycles. The fourth-order valence-corrected chi connectivity index (χ4v) is 0.0630. The summed E-state index contributed by atoms with van der Waals surface area (Å²) >= 11 is 0. The molecule has 0 amide bonds. The van der Waals surface area contributed by atoms with Crippen LogP contribution in [0.5, 0.6) is 0 Å². The summed E-state index contributed by atoms with van der Waals surface area (Å²) < 4.78 is 17.3. The van der Waals surface area contributed by atoms with Gasteiger partial charge in [-0.1, -0.05) is 0 Å². The summed E-state index contributed by atoms with van der Waals surface area (Å²) in [7, 11) is 0. The van der Waals surface area contributed by atoms with Crippen molar-refractivity contribution in [2.45, 2.75) is 6.04 Å². The molecule has 0 aliphatic rings. The van der Waals surface area contributed by atoms with Crippen LogP contribution in [0.25, 0.3) is 1.43 Å². The lowest BCUT2D eigenvalue weighted by molar-refractivity contribution is -0.138. The molecule has 0 rings (SSSR count). The fourth-order valence-electron chi connectivity index (χ4n) is 0.0630. The van der Waals surface area contributed by atoms with E-state index < -0.39 is 18.7 Å². The SMILES string of the molecule is [2H]OC(=O)[C@H](N)CF. The molecule has 1 atom stereocenters. The van der Waals surface area contributed by atoms with Gasteiger partial charge in [0.05, 0.1) is 0 Å². The molecule has 0 radical (unpaired) electrons. The van der Waals surface area contributed by atoms with Crippen LogP contribution in [0, 0.1) is 0 Å². The molecule has 3 nitrogen and oxygen atoms in total.